The van der Waals surface area contributed by atoms with Crippen molar-refractivity contribution in [2.24, 2.45) is 17.1 Å². The van der Waals surface area contributed by atoms with Crippen LogP contribution >= 0.6 is 12.4 Å². The maximum atomic E-state index is 12.9. The van der Waals surface area contributed by atoms with Gasteiger partial charge in [0.1, 0.15) is 6.17 Å². The van der Waals surface area contributed by atoms with Gasteiger partial charge in [0.05, 0.1) is 0 Å². The summed E-state index contributed by atoms with van der Waals surface area (Å²) in [4.78, 5) is 0. The molecular weight excluding hydrogens is 189 g/mol. The molecule has 1 unspecified atom stereocenters. The van der Waals surface area contributed by atoms with Crippen LogP contribution in [0.3, 0.4) is 0 Å². The number of rotatable bonds is 3. The van der Waals surface area contributed by atoms with Crippen molar-refractivity contribution < 1.29 is 4.39 Å². The Kier molecular flexibility index (Phi) is 3.58. The summed E-state index contributed by atoms with van der Waals surface area (Å²) in [7, 11) is 0. The third-order valence-electron chi connectivity index (χ3n) is 3.70. The predicted octanol–water partition coefficient (Wildman–Crippen LogP) is 2.68. The molecule has 1 atom stereocenters. The lowest BCUT2D eigenvalue weighted by Crippen LogP contribution is -2.43. The molecule has 0 saturated heterocycles. The molecule has 0 aromatic rings. The van der Waals surface area contributed by atoms with Gasteiger partial charge in [0.25, 0.3) is 0 Å². The van der Waals surface area contributed by atoms with Crippen molar-refractivity contribution in [3.63, 3.8) is 0 Å². The molecular formula is C10H19ClFN. The quantitative estimate of drug-likeness (QED) is 0.757. The molecule has 3 heteroatoms. The lowest BCUT2D eigenvalue weighted by atomic mass is 9.51. The number of hydrogen-bond donors (Lipinski definition) is 1. The van der Waals surface area contributed by atoms with Crippen LogP contribution < -0.4 is 5.73 Å². The molecule has 78 valence electrons. The third-order valence-corrected chi connectivity index (χ3v) is 3.70. The van der Waals surface area contributed by atoms with E-state index in [4.69, 9.17) is 5.73 Å². The summed E-state index contributed by atoms with van der Waals surface area (Å²) < 4.78 is 12.9. The first kappa shape index (κ1) is 11.3. The van der Waals surface area contributed by atoms with Gasteiger partial charge in [-0.1, -0.05) is 6.42 Å². The van der Waals surface area contributed by atoms with Crippen molar-refractivity contribution in [3.8, 4) is 0 Å². The lowest BCUT2D eigenvalue weighted by Gasteiger charge is -2.54. The van der Waals surface area contributed by atoms with E-state index in [9.17, 15) is 4.39 Å². The van der Waals surface area contributed by atoms with Crippen molar-refractivity contribution >= 4 is 12.4 Å². The maximum Gasteiger partial charge on any atom is 0.113 e. The topological polar surface area (TPSA) is 26.0 Å². The molecule has 0 radical (unpaired) electrons. The second-order valence-electron chi connectivity index (χ2n) is 4.70. The number of halogens is 2. The van der Waals surface area contributed by atoms with Crippen LogP contribution in [0.25, 0.3) is 0 Å². The molecule has 2 fully saturated rings. The van der Waals surface area contributed by atoms with Crippen LogP contribution in [0.4, 0.5) is 4.39 Å². The van der Waals surface area contributed by atoms with E-state index >= 15 is 0 Å². The summed E-state index contributed by atoms with van der Waals surface area (Å²) in [6.45, 7) is 0.212. The molecule has 0 aliphatic heterocycles. The van der Waals surface area contributed by atoms with Crippen LogP contribution in [-0.2, 0) is 0 Å². The van der Waals surface area contributed by atoms with Gasteiger partial charge in [0.2, 0.25) is 0 Å². The SMILES string of the molecule is Cl.NCC(F)CC1CC2(CCC2)C1. The monoisotopic (exact) mass is 207 g/mol. The summed E-state index contributed by atoms with van der Waals surface area (Å²) in [5.41, 5.74) is 5.93. The average Bonchev–Trinajstić information content (AvgIpc) is 1.91. The van der Waals surface area contributed by atoms with E-state index < -0.39 is 6.17 Å². The largest absolute Gasteiger partial charge is 0.328 e. The lowest BCUT2D eigenvalue weighted by molar-refractivity contribution is -0.0354. The van der Waals surface area contributed by atoms with Crippen LogP contribution in [-0.4, -0.2) is 12.7 Å². The summed E-state index contributed by atoms with van der Waals surface area (Å²) in [6, 6.07) is 0. The fourth-order valence-electron chi connectivity index (χ4n) is 2.87. The fraction of sp³-hybridized carbons (Fsp3) is 1.00. The van der Waals surface area contributed by atoms with E-state index in [1.807, 2.05) is 0 Å². The molecule has 1 nitrogen and oxygen atoms in total. The highest BCUT2D eigenvalue weighted by Gasteiger charge is 2.48. The Morgan fingerprint density at radius 2 is 2.00 bits per heavy atom. The molecule has 0 aromatic heterocycles. The molecule has 1 spiro atoms. The summed E-state index contributed by atoms with van der Waals surface area (Å²) in [5, 5.41) is 0. The Balaban J connectivity index is 0.000000845. The summed E-state index contributed by atoms with van der Waals surface area (Å²) >= 11 is 0. The van der Waals surface area contributed by atoms with Crippen LogP contribution in [0.1, 0.15) is 38.5 Å². The molecule has 0 aromatic carbocycles. The van der Waals surface area contributed by atoms with E-state index in [0.29, 0.717) is 11.3 Å². The normalized spacial score (nSPS) is 27.2. The van der Waals surface area contributed by atoms with Crippen LogP contribution in [0.15, 0.2) is 0 Å². The standard InChI is InChI=1S/C10H18FN.ClH/c11-9(7-12)4-8-5-10(6-8)2-1-3-10;/h8-9H,1-7,12H2;1H. The van der Waals surface area contributed by atoms with Gasteiger partial charge in [0.15, 0.2) is 0 Å². The van der Waals surface area contributed by atoms with Gasteiger partial charge < -0.3 is 5.73 Å². The van der Waals surface area contributed by atoms with E-state index in [2.05, 4.69) is 0 Å². The molecule has 0 bridgehead atoms. The van der Waals surface area contributed by atoms with Gasteiger partial charge >= 0.3 is 0 Å². The minimum Gasteiger partial charge on any atom is -0.328 e. The second kappa shape index (κ2) is 4.14. The minimum absolute atomic E-state index is 0. The fourth-order valence-corrected chi connectivity index (χ4v) is 2.87. The Hall–Kier alpha value is 0.180. The zero-order valence-corrected chi connectivity index (χ0v) is 8.78. The molecule has 2 aliphatic rings. The summed E-state index contributed by atoms with van der Waals surface area (Å²) in [5.74, 6) is 0.656. The first-order valence-electron chi connectivity index (χ1n) is 5.08. The zero-order chi connectivity index (χ0) is 8.60. The number of hydrogen-bond acceptors (Lipinski definition) is 1. The van der Waals surface area contributed by atoms with Gasteiger partial charge in [-0.15, -0.1) is 12.4 Å². The maximum absolute atomic E-state index is 12.9. The van der Waals surface area contributed by atoms with E-state index in [1.165, 1.54) is 32.1 Å². The van der Waals surface area contributed by atoms with Crippen molar-refractivity contribution in [2.75, 3.05) is 6.54 Å². The van der Waals surface area contributed by atoms with E-state index in [1.54, 1.807) is 0 Å². The Morgan fingerprint density at radius 1 is 1.38 bits per heavy atom. The van der Waals surface area contributed by atoms with Crippen molar-refractivity contribution in [1.82, 2.24) is 0 Å². The molecule has 13 heavy (non-hydrogen) atoms. The van der Waals surface area contributed by atoms with Gasteiger partial charge in [-0.2, -0.15) is 0 Å². The highest BCUT2D eigenvalue weighted by atomic mass is 35.5. The van der Waals surface area contributed by atoms with Gasteiger partial charge in [0, 0.05) is 6.54 Å². The van der Waals surface area contributed by atoms with Crippen molar-refractivity contribution in [1.29, 1.82) is 0 Å². The molecule has 0 heterocycles. The minimum atomic E-state index is -0.743. The highest BCUT2D eigenvalue weighted by molar-refractivity contribution is 5.85. The van der Waals surface area contributed by atoms with E-state index in [0.717, 1.165) is 6.42 Å². The van der Waals surface area contributed by atoms with Crippen LogP contribution in [0.5, 0.6) is 0 Å². The molecule has 2 N–H and O–H groups in total. The smallest absolute Gasteiger partial charge is 0.113 e. The number of nitrogens with two attached hydrogens (primary N) is 1. The van der Waals surface area contributed by atoms with Gasteiger partial charge in [-0.05, 0) is 43.4 Å². The molecule has 2 aliphatic carbocycles. The first-order valence-corrected chi connectivity index (χ1v) is 5.08. The molecule has 2 saturated carbocycles. The van der Waals surface area contributed by atoms with Crippen LogP contribution in [0, 0.1) is 11.3 Å². The van der Waals surface area contributed by atoms with Gasteiger partial charge in [-0.25, -0.2) is 4.39 Å². The predicted molar refractivity (Wildman–Crippen MR) is 54.8 cm³/mol. The van der Waals surface area contributed by atoms with E-state index in [-0.39, 0.29) is 19.0 Å². The summed E-state index contributed by atoms with van der Waals surface area (Å²) in [6.07, 6.45) is 6.76. The molecule has 0 amide bonds. The highest BCUT2D eigenvalue weighted by Crippen LogP contribution is 2.59. The number of alkyl halides is 1. The van der Waals surface area contributed by atoms with Gasteiger partial charge in [-0.3, -0.25) is 0 Å². The second-order valence-corrected chi connectivity index (χ2v) is 4.70. The molecule has 2 rings (SSSR count). The third kappa shape index (κ3) is 2.16. The Morgan fingerprint density at radius 3 is 2.38 bits per heavy atom. The Bertz CT molecular complexity index is 160. The van der Waals surface area contributed by atoms with Crippen molar-refractivity contribution in [3.05, 3.63) is 0 Å². The average molecular weight is 208 g/mol. The van der Waals surface area contributed by atoms with Crippen molar-refractivity contribution in [2.45, 2.75) is 44.7 Å². The first-order chi connectivity index (χ1) is 5.74. The van der Waals surface area contributed by atoms with Crippen LogP contribution in [0.2, 0.25) is 0 Å². The zero-order valence-electron chi connectivity index (χ0n) is 7.97. The Labute approximate surface area is 85.7 Å².